The molecule has 48 heavy (non-hydrogen) atoms. The van der Waals surface area contributed by atoms with Crippen LogP contribution in [0.25, 0.3) is 11.1 Å². The quantitative estimate of drug-likeness (QED) is 0.0858. The smallest absolute Gasteiger partial charge is 0.413 e. The zero-order chi connectivity index (χ0) is 34.7. The highest BCUT2D eigenvalue weighted by Crippen LogP contribution is 2.25. The second-order valence-corrected chi connectivity index (χ2v) is 12.7. The molecule has 11 nitrogen and oxygen atoms in total. The van der Waals surface area contributed by atoms with E-state index in [4.69, 9.17) is 24.4 Å². The van der Waals surface area contributed by atoms with Crippen LogP contribution in [0, 0.1) is 16.7 Å². The minimum atomic E-state index is -0.981. The highest BCUT2D eigenvalue weighted by molar-refractivity contribution is 6.04. The summed E-state index contributed by atoms with van der Waals surface area (Å²) in [4.78, 5) is 49.5. The maximum atomic E-state index is 12.6. The van der Waals surface area contributed by atoms with Crippen molar-refractivity contribution in [3.8, 4) is 16.9 Å². The summed E-state index contributed by atoms with van der Waals surface area (Å²) >= 11 is 0. The molecule has 0 radical (unpaired) electrons. The molecule has 1 aliphatic rings. The third kappa shape index (κ3) is 10.7. The van der Waals surface area contributed by atoms with E-state index in [0.717, 1.165) is 16.7 Å². The molecule has 2 amide bonds. The summed E-state index contributed by atoms with van der Waals surface area (Å²) in [6.07, 6.45) is -0.351. The third-order valence-electron chi connectivity index (χ3n) is 7.59. The van der Waals surface area contributed by atoms with Crippen LogP contribution in [-0.4, -0.2) is 48.7 Å². The number of hydrogen-bond acceptors (Lipinski definition) is 9. The predicted octanol–water partition coefficient (Wildman–Crippen LogP) is 6.14. The van der Waals surface area contributed by atoms with E-state index in [1.165, 1.54) is 0 Å². The van der Waals surface area contributed by atoms with Gasteiger partial charge in [-0.2, -0.15) is 0 Å². The van der Waals surface area contributed by atoms with Crippen LogP contribution in [0.3, 0.4) is 0 Å². The van der Waals surface area contributed by atoms with Gasteiger partial charge >= 0.3 is 18.0 Å². The number of benzene rings is 3. The van der Waals surface area contributed by atoms with Gasteiger partial charge in [0, 0.05) is 12.0 Å². The second kappa shape index (κ2) is 16.6. The molecule has 1 unspecified atom stereocenters. The fraction of sp³-hybridized carbons (Fsp3) is 0.378. The molecule has 1 heterocycles. The standard InChI is InChI=1S/C37H43N3O8/c1-5-9-32(48-35(43)37(2,3)4)47-31(41)21-28-20-29(39-34(28)42)23-45-30-18-16-26(17-19-30)25-12-14-27(15-13-25)33(38)40-36(44)46-22-24-10-7-6-8-11-24/h6-8,10-19,28-29,32H,5,9,20-23H2,1-4H3,(H,39,42)(H2,38,40,44)/t28-,29-,32?/m0/s1. The molecule has 1 fully saturated rings. The van der Waals surface area contributed by atoms with Crippen molar-refractivity contribution in [2.75, 3.05) is 6.61 Å². The molecule has 0 spiro atoms. The van der Waals surface area contributed by atoms with Gasteiger partial charge in [-0.3, -0.25) is 25.1 Å². The van der Waals surface area contributed by atoms with E-state index in [0.29, 0.717) is 30.6 Å². The van der Waals surface area contributed by atoms with Crippen molar-refractivity contribution in [3.63, 3.8) is 0 Å². The molecule has 0 aromatic heterocycles. The van der Waals surface area contributed by atoms with Crippen molar-refractivity contribution >= 4 is 29.8 Å². The van der Waals surface area contributed by atoms with Crippen molar-refractivity contribution in [1.82, 2.24) is 10.6 Å². The van der Waals surface area contributed by atoms with E-state index in [2.05, 4.69) is 10.6 Å². The molecular formula is C37H43N3O8. The molecule has 1 aliphatic heterocycles. The number of alkyl carbamates (subject to hydrolysis) is 1. The lowest BCUT2D eigenvalue weighted by atomic mass is 9.97. The zero-order valence-corrected chi connectivity index (χ0v) is 27.7. The number of rotatable bonds is 13. The van der Waals surface area contributed by atoms with E-state index in [-0.39, 0.29) is 37.4 Å². The summed E-state index contributed by atoms with van der Waals surface area (Å²) < 4.78 is 21.9. The topological polar surface area (TPSA) is 153 Å². The molecule has 1 saturated heterocycles. The number of amides is 2. The summed E-state index contributed by atoms with van der Waals surface area (Å²) in [5.41, 5.74) is 2.50. The van der Waals surface area contributed by atoms with Crippen molar-refractivity contribution < 1.29 is 38.1 Å². The highest BCUT2D eigenvalue weighted by Gasteiger charge is 2.35. The van der Waals surface area contributed by atoms with Crippen molar-refractivity contribution in [3.05, 3.63) is 90.0 Å². The predicted molar refractivity (Wildman–Crippen MR) is 179 cm³/mol. The molecule has 3 atom stereocenters. The normalized spacial score (nSPS) is 16.3. The van der Waals surface area contributed by atoms with E-state index >= 15 is 0 Å². The molecule has 11 heteroatoms. The summed E-state index contributed by atoms with van der Waals surface area (Å²) in [6, 6.07) is 23.7. The van der Waals surface area contributed by atoms with Crippen molar-refractivity contribution in [1.29, 1.82) is 5.41 Å². The molecule has 0 aliphatic carbocycles. The first-order chi connectivity index (χ1) is 22.9. The molecule has 3 N–H and O–H groups in total. The number of esters is 2. The number of hydrogen-bond donors (Lipinski definition) is 3. The first kappa shape index (κ1) is 35.7. The Bertz CT molecular complexity index is 1570. The van der Waals surface area contributed by atoms with Gasteiger partial charge in [-0.05, 0) is 62.4 Å². The number of carbonyl (C=O) groups excluding carboxylic acids is 4. The molecule has 0 bridgehead atoms. The van der Waals surface area contributed by atoms with Gasteiger partial charge in [-0.1, -0.05) is 73.7 Å². The van der Waals surface area contributed by atoms with Crippen LogP contribution >= 0.6 is 0 Å². The fourth-order valence-corrected chi connectivity index (χ4v) is 4.89. The van der Waals surface area contributed by atoms with Crippen LogP contribution in [0.4, 0.5) is 4.79 Å². The van der Waals surface area contributed by atoms with Crippen molar-refractivity contribution in [2.24, 2.45) is 11.3 Å². The zero-order valence-electron chi connectivity index (χ0n) is 27.7. The summed E-state index contributed by atoms with van der Waals surface area (Å²) in [5, 5.41) is 13.5. The van der Waals surface area contributed by atoms with Crippen LogP contribution < -0.4 is 15.4 Å². The SMILES string of the molecule is CCCC(OC(=O)C[C@@H]1C[C@@H](COc2ccc(-c3ccc(C(=N)NC(=O)OCc4ccccc4)cc3)cc2)NC1=O)OC(=O)C(C)(C)C. The van der Waals surface area contributed by atoms with Crippen molar-refractivity contribution in [2.45, 2.75) is 72.3 Å². The highest BCUT2D eigenvalue weighted by atomic mass is 16.7. The van der Waals surface area contributed by atoms with Gasteiger partial charge in [0.2, 0.25) is 12.2 Å². The molecule has 0 saturated carbocycles. The van der Waals surface area contributed by atoms with Gasteiger partial charge in [-0.25, -0.2) is 4.79 Å². The van der Waals surface area contributed by atoms with Crippen LogP contribution in [0.5, 0.6) is 5.75 Å². The molecule has 4 rings (SSSR count). The number of nitrogens with one attached hydrogen (secondary N) is 3. The minimum Gasteiger partial charge on any atom is -0.491 e. The molecular weight excluding hydrogens is 614 g/mol. The number of carbonyl (C=O) groups is 4. The van der Waals surface area contributed by atoms with E-state index in [1.807, 2.05) is 73.7 Å². The van der Waals surface area contributed by atoms with Crippen LogP contribution in [0.15, 0.2) is 78.9 Å². The van der Waals surface area contributed by atoms with Gasteiger partial charge in [0.15, 0.2) is 0 Å². The number of ether oxygens (including phenoxy) is 4. The first-order valence-electron chi connectivity index (χ1n) is 16.0. The van der Waals surface area contributed by atoms with Crippen LogP contribution in [0.1, 0.15) is 64.5 Å². The Morgan fingerprint density at radius 3 is 2.21 bits per heavy atom. The molecule has 3 aromatic carbocycles. The molecule has 3 aromatic rings. The lowest BCUT2D eigenvalue weighted by Crippen LogP contribution is -2.32. The van der Waals surface area contributed by atoms with Gasteiger partial charge < -0.3 is 24.3 Å². The average Bonchev–Trinajstić information content (AvgIpc) is 3.41. The lowest BCUT2D eigenvalue weighted by Gasteiger charge is -2.23. The number of amidine groups is 1. The van der Waals surface area contributed by atoms with Gasteiger partial charge in [0.1, 0.15) is 24.8 Å². The monoisotopic (exact) mass is 657 g/mol. The van der Waals surface area contributed by atoms with Crippen LogP contribution in [-0.2, 0) is 35.2 Å². The molecule has 254 valence electrons. The van der Waals surface area contributed by atoms with Crippen LogP contribution in [0.2, 0.25) is 0 Å². The Morgan fingerprint density at radius 2 is 1.58 bits per heavy atom. The Morgan fingerprint density at radius 1 is 0.938 bits per heavy atom. The fourth-order valence-electron chi connectivity index (χ4n) is 4.89. The second-order valence-electron chi connectivity index (χ2n) is 12.7. The maximum absolute atomic E-state index is 12.6. The van der Waals surface area contributed by atoms with Gasteiger partial charge in [-0.15, -0.1) is 0 Å². The maximum Gasteiger partial charge on any atom is 0.413 e. The van der Waals surface area contributed by atoms with Gasteiger partial charge in [0.25, 0.3) is 0 Å². The Balaban J connectivity index is 1.21. The lowest BCUT2D eigenvalue weighted by molar-refractivity contribution is -0.195. The Labute approximate surface area is 280 Å². The summed E-state index contributed by atoms with van der Waals surface area (Å²) in [7, 11) is 0. The minimum absolute atomic E-state index is 0.0659. The average molecular weight is 658 g/mol. The summed E-state index contributed by atoms with van der Waals surface area (Å²) in [6.45, 7) is 7.42. The Kier molecular flexibility index (Phi) is 12.3. The largest absolute Gasteiger partial charge is 0.491 e. The van der Waals surface area contributed by atoms with E-state index in [9.17, 15) is 19.2 Å². The van der Waals surface area contributed by atoms with Gasteiger partial charge in [0.05, 0.1) is 23.8 Å². The third-order valence-corrected chi connectivity index (χ3v) is 7.59. The van der Waals surface area contributed by atoms with E-state index in [1.54, 1.807) is 32.9 Å². The summed E-state index contributed by atoms with van der Waals surface area (Å²) in [5.74, 6) is -1.30. The first-order valence-corrected chi connectivity index (χ1v) is 16.0. The van der Waals surface area contributed by atoms with E-state index < -0.39 is 35.7 Å². The Hall–Kier alpha value is -5.19.